The number of benzene rings is 1. The molecule has 176 valence electrons. The second-order valence-electron chi connectivity index (χ2n) is 7.48. The molecule has 2 heterocycles. The lowest BCUT2D eigenvalue weighted by atomic mass is 10.2. The predicted octanol–water partition coefficient (Wildman–Crippen LogP) is 3.55. The number of halogens is 4. The molecule has 0 unspecified atom stereocenters. The number of aromatic nitrogens is 4. The van der Waals surface area contributed by atoms with E-state index in [1.54, 1.807) is 0 Å². The Morgan fingerprint density at radius 2 is 1.85 bits per heavy atom. The average Bonchev–Trinajstić information content (AvgIpc) is 2.74. The summed E-state index contributed by atoms with van der Waals surface area (Å²) in [6, 6.07) is 2.60. The van der Waals surface area contributed by atoms with Crippen LogP contribution in [0.4, 0.5) is 18.9 Å². The van der Waals surface area contributed by atoms with Crippen molar-refractivity contribution in [1.82, 2.24) is 19.1 Å². The third-order valence-electron chi connectivity index (χ3n) is 4.71. The Morgan fingerprint density at radius 1 is 1.18 bits per heavy atom. The van der Waals surface area contributed by atoms with Gasteiger partial charge in [0.05, 0.1) is 22.0 Å². The van der Waals surface area contributed by atoms with Crippen molar-refractivity contribution in [1.29, 1.82) is 0 Å². The van der Waals surface area contributed by atoms with Gasteiger partial charge in [0, 0.05) is 20.0 Å². The summed E-state index contributed by atoms with van der Waals surface area (Å²) in [5.74, 6) is -0.691. The average molecular weight is 502 g/mol. The number of rotatable bonds is 5. The molecule has 13 heteroatoms. The van der Waals surface area contributed by atoms with E-state index in [2.05, 4.69) is 15.3 Å². The van der Waals surface area contributed by atoms with Crippen molar-refractivity contribution in [2.24, 2.45) is 14.1 Å². The van der Waals surface area contributed by atoms with Crippen molar-refractivity contribution in [2.45, 2.75) is 31.0 Å². The first-order valence-electron chi connectivity index (χ1n) is 9.58. The zero-order chi connectivity index (χ0) is 24.7. The van der Waals surface area contributed by atoms with Crippen LogP contribution in [-0.2, 0) is 25.1 Å². The number of hydrogen-bond acceptors (Lipinski definition) is 6. The monoisotopic (exact) mass is 501 g/mol. The first-order chi connectivity index (χ1) is 15.3. The van der Waals surface area contributed by atoms with E-state index in [0.717, 1.165) is 34.5 Å². The highest BCUT2D eigenvalue weighted by molar-refractivity contribution is 8.00. The standard InChI is InChI=1S/C20H19ClF3N5O3S/c1-9(2)15-26-16-14(18(31)29(4)19(32)28(16)3)17(27-15)33-8-13(30)25-12-7-10(20(22,23)24)5-6-11(12)21/h5-7,9H,8H2,1-4H3,(H,25,30). The van der Waals surface area contributed by atoms with Crippen molar-refractivity contribution in [3.63, 3.8) is 0 Å². The number of aryl methyl sites for hydroxylation is 1. The van der Waals surface area contributed by atoms with Crippen molar-refractivity contribution >= 4 is 46.0 Å². The van der Waals surface area contributed by atoms with Crippen molar-refractivity contribution < 1.29 is 18.0 Å². The van der Waals surface area contributed by atoms with Crippen LogP contribution in [0, 0.1) is 0 Å². The zero-order valence-corrected chi connectivity index (χ0v) is 19.5. The molecule has 0 spiro atoms. The molecule has 0 aliphatic rings. The molecule has 3 rings (SSSR count). The van der Waals surface area contributed by atoms with E-state index >= 15 is 0 Å². The van der Waals surface area contributed by atoms with Crippen LogP contribution in [0.3, 0.4) is 0 Å². The van der Waals surface area contributed by atoms with Gasteiger partial charge >= 0.3 is 11.9 Å². The summed E-state index contributed by atoms with van der Waals surface area (Å²) in [7, 11) is 2.79. The normalized spacial score (nSPS) is 11.9. The molecule has 33 heavy (non-hydrogen) atoms. The first-order valence-corrected chi connectivity index (χ1v) is 10.9. The fraction of sp³-hybridized carbons (Fsp3) is 0.350. The van der Waals surface area contributed by atoms with E-state index in [4.69, 9.17) is 11.6 Å². The molecule has 0 saturated carbocycles. The van der Waals surface area contributed by atoms with E-state index in [-0.39, 0.29) is 38.4 Å². The lowest BCUT2D eigenvalue weighted by Crippen LogP contribution is -2.38. The molecule has 0 fully saturated rings. The molecular weight excluding hydrogens is 483 g/mol. The number of carbonyl (C=O) groups excluding carboxylic acids is 1. The minimum Gasteiger partial charge on any atom is -0.324 e. The van der Waals surface area contributed by atoms with Crippen LogP contribution in [0.5, 0.6) is 0 Å². The number of alkyl halides is 3. The van der Waals surface area contributed by atoms with Crippen molar-refractivity contribution in [2.75, 3.05) is 11.1 Å². The molecule has 8 nitrogen and oxygen atoms in total. The summed E-state index contributed by atoms with van der Waals surface area (Å²) < 4.78 is 41.0. The zero-order valence-electron chi connectivity index (χ0n) is 18.0. The Morgan fingerprint density at radius 3 is 2.45 bits per heavy atom. The maximum atomic E-state index is 13.0. The summed E-state index contributed by atoms with van der Waals surface area (Å²) >= 11 is 6.83. The van der Waals surface area contributed by atoms with Crippen LogP contribution in [0.2, 0.25) is 5.02 Å². The fourth-order valence-electron chi connectivity index (χ4n) is 2.93. The SMILES string of the molecule is CC(C)c1nc(SCC(=O)Nc2cc(C(F)(F)F)ccc2Cl)c2c(=O)n(C)c(=O)n(C)c2n1. The maximum absolute atomic E-state index is 13.0. The van der Waals surface area contributed by atoms with Gasteiger partial charge in [-0.1, -0.05) is 37.2 Å². The summed E-state index contributed by atoms with van der Waals surface area (Å²) in [6.45, 7) is 3.66. The van der Waals surface area contributed by atoms with Crippen LogP contribution in [0.25, 0.3) is 11.0 Å². The highest BCUT2D eigenvalue weighted by Crippen LogP contribution is 2.34. The second kappa shape index (κ2) is 9.18. The molecule has 0 saturated heterocycles. The summed E-state index contributed by atoms with van der Waals surface area (Å²) in [4.78, 5) is 46.2. The summed E-state index contributed by atoms with van der Waals surface area (Å²) in [5, 5.41) is 2.55. The quantitative estimate of drug-likeness (QED) is 0.424. The Kier molecular flexibility index (Phi) is 6.89. The third kappa shape index (κ3) is 5.06. The van der Waals surface area contributed by atoms with Gasteiger partial charge in [-0.25, -0.2) is 14.8 Å². The van der Waals surface area contributed by atoms with Crippen molar-refractivity contribution in [3.8, 4) is 0 Å². The molecular formula is C20H19ClF3N5O3S. The number of carbonyl (C=O) groups is 1. The fourth-order valence-corrected chi connectivity index (χ4v) is 3.91. The van der Waals surface area contributed by atoms with E-state index in [1.165, 1.54) is 18.7 Å². The first kappa shape index (κ1) is 24.8. The van der Waals surface area contributed by atoms with Crippen LogP contribution >= 0.6 is 23.4 Å². The van der Waals surface area contributed by atoms with Gasteiger partial charge in [0.1, 0.15) is 16.2 Å². The van der Waals surface area contributed by atoms with E-state index < -0.39 is 28.9 Å². The molecule has 0 aliphatic carbocycles. The van der Waals surface area contributed by atoms with Gasteiger partial charge in [-0.05, 0) is 18.2 Å². The number of anilines is 1. The summed E-state index contributed by atoms with van der Waals surface area (Å²) in [5.41, 5.74) is -2.19. The lowest BCUT2D eigenvalue weighted by molar-refractivity contribution is -0.137. The Bertz CT molecular complexity index is 1370. The topological polar surface area (TPSA) is 98.9 Å². The molecule has 1 aromatic carbocycles. The summed E-state index contributed by atoms with van der Waals surface area (Å²) in [6.07, 6.45) is -4.60. The molecule has 3 aromatic rings. The number of fused-ring (bicyclic) bond motifs is 1. The van der Waals surface area contributed by atoms with E-state index in [1.807, 2.05) is 13.8 Å². The predicted molar refractivity (Wildman–Crippen MR) is 120 cm³/mol. The smallest absolute Gasteiger partial charge is 0.324 e. The minimum atomic E-state index is -4.60. The Hall–Kier alpha value is -2.86. The molecule has 0 bridgehead atoms. The Labute approximate surface area is 194 Å². The van der Waals surface area contributed by atoms with Crippen LogP contribution < -0.4 is 16.6 Å². The molecule has 0 aliphatic heterocycles. The van der Waals surface area contributed by atoms with Gasteiger partial charge in [-0.15, -0.1) is 0 Å². The molecule has 0 atom stereocenters. The molecule has 0 radical (unpaired) electrons. The van der Waals surface area contributed by atoms with Crippen LogP contribution in [0.1, 0.15) is 31.2 Å². The third-order valence-corrected chi connectivity index (χ3v) is 6.01. The number of nitrogens with zero attached hydrogens (tertiary/aromatic N) is 4. The second-order valence-corrected chi connectivity index (χ2v) is 8.85. The van der Waals surface area contributed by atoms with Gasteiger partial charge in [-0.3, -0.25) is 18.7 Å². The number of amides is 1. The van der Waals surface area contributed by atoms with Crippen LogP contribution in [-0.4, -0.2) is 30.8 Å². The van der Waals surface area contributed by atoms with Crippen molar-refractivity contribution in [3.05, 3.63) is 55.4 Å². The lowest BCUT2D eigenvalue weighted by Gasteiger charge is -2.14. The number of thioether (sulfide) groups is 1. The van der Waals surface area contributed by atoms with Gasteiger partial charge in [0.15, 0.2) is 5.65 Å². The maximum Gasteiger partial charge on any atom is 0.416 e. The molecule has 1 amide bonds. The van der Waals surface area contributed by atoms with Gasteiger partial charge in [0.25, 0.3) is 5.56 Å². The van der Waals surface area contributed by atoms with Gasteiger partial charge in [-0.2, -0.15) is 13.2 Å². The highest BCUT2D eigenvalue weighted by Gasteiger charge is 2.31. The largest absolute Gasteiger partial charge is 0.416 e. The van der Waals surface area contributed by atoms with Gasteiger partial charge in [0.2, 0.25) is 5.91 Å². The number of nitrogens with one attached hydrogen (secondary N) is 1. The van der Waals surface area contributed by atoms with Gasteiger partial charge < -0.3 is 5.32 Å². The van der Waals surface area contributed by atoms with Crippen LogP contribution in [0.15, 0.2) is 32.8 Å². The van der Waals surface area contributed by atoms with E-state index in [0.29, 0.717) is 5.82 Å². The minimum absolute atomic E-state index is 0.0557. The Balaban J connectivity index is 1.95. The number of hydrogen-bond donors (Lipinski definition) is 1. The highest BCUT2D eigenvalue weighted by atomic mass is 35.5. The molecule has 2 aromatic heterocycles. The molecule has 1 N–H and O–H groups in total. The van der Waals surface area contributed by atoms with E-state index in [9.17, 15) is 27.6 Å².